The van der Waals surface area contributed by atoms with E-state index in [0.29, 0.717) is 6.42 Å². The van der Waals surface area contributed by atoms with Gasteiger partial charge in [-0.05, 0) is 32.1 Å². The van der Waals surface area contributed by atoms with Crippen LogP contribution in [0, 0.1) is 0 Å². The van der Waals surface area contributed by atoms with Gasteiger partial charge in [-0.2, -0.15) is 0 Å². The van der Waals surface area contributed by atoms with Gasteiger partial charge in [0.15, 0.2) is 0 Å². The molecule has 0 aliphatic rings. The number of hydrogen-bond acceptors (Lipinski definition) is 3. The molecule has 3 N–H and O–H groups in total. The lowest BCUT2D eigenvalue weighted by Crippen LogP contribution is -2.23. The van der Waals surface area contributed by atoms with Crippen molar-refractivity contribution in [3.8, 4) is 0 Å². The van der Waals surface area contributed by atoms with Crippen molar-refractivity contribution in [2.45, 2.75) is 57.7 Å². The molecule has 0 aromatic rings. The van der Waals surface area contributed by atoms with Gasteiger partial charge in [0.25, 0.3) is 0 Å². The van der Waals surface area contributed by atoms with Crippen LogP contribution in [0.1, 0.15) is 45.4 Å². The Morgan fingerprint density at radius 1 is 0.917 bits per heavy atom. The summed E-state index contributed by atoms with van der Waals surface area (Å²) in [6, 6.07) is 0. The summed E-state index contributed by atoms with van der Waals surface area (Å²) in [7, 11) is 0. The van der Waals surface area contributed by atoms with Crippen LogP contribution in [0.3, 0.4) is 0 Å². The molecule has 0 saturated heterocycles. The van der Waals surface area contributed by atoms with Crippen LogP contribution in [0.4, 0.5) is 0 Å². The lowest BCUT2D eigenvalue weighted by atomic mass is 10.1. The Morgan fingerprint density at radius 3 is 2.21 bits per heavy atom. The Morgan fingerprint density at radius 2 is 1.54 bits per heavy atom. The zero-order valence-electron chi connectivity index (χ0n) is 14.4. The van der Waals surface area contributed by atoms with Gasteiger partial charge in [0.05, 0.1) is 12.2 Å². The second-order valence-electron chi connectivity index (χ2n) is 5.36. The van der Waals surface area contributed by atoms with E-state index < -0.39 is 18.2 Å². The maximum atomic E-state index is 10.4. The molecule has 4 nitrogen and oxygen atoms in total. The van der Waals surface area contributed by atoms with Crippen molar-refractivity contribution in [3.63, 3.8) is 0 Å². The molecule has 0 fully saturated rings. The maximum absolute atomic E-state index is 10.4. The largest absolute Gasteiger partial charge is 0.481 e. The Labute approximate surface area is 145 Å². The van der Waals surface area contributed by atoms with Crippen LogP contribution in [0.15, 0.2) is 60.8 Å². The first-order valence-electron chi connectivity index (χ1n) is 8.45. The van der Waals surface area contributed by atoms with Gasteiger partial charge in [-0.25, -0.2) is 0 Å². The standard InChI is InChI=1S/C20H30O4/c1-2-3-4-5-6-7-8-9-10-11-12-13-15-18(21)19(22)16-14-17-20(23)24/h3-4,6-7,9-13,15,18-19,21-22H,2,5,8,14,16-17H2,1H3,(H,23,24). The number of allylic oxidation sites excluding steroid dienone is 9. The van der Waals surface area contributed by atoms with Crippen LogP contribution in [-0.2, 0) is 4.79 Å². The Kier molecular flexibility index (Phi) is 14.7. The van der Waals surface area contributed by atoms with Crippen molar-refractivity contribution in [1.29, 1.82) is 0 Å². The van der Waals surface area contributed by atoms with Gasteiger partial charge in [-0.15, -0.1) is 0 Å². The average Bonchev–Trinajstić information content (AvgIpc) is 2.55. The van der Waals surface area contributed by atoms with E-state index in [1.54, 1.807) is 12.2 Å². The van der Waals surface area contributed by atoms with Crippen molar-refractivity contribution in [2.24, 2.45) is 0 Å². The number of carboxylic acids is 1. The second-order valence-corrected chi connectivity index (χ2v) is 5.36. The van der Waals surface area contributed by atoms with Gasteiger partial charge in [-0.1, -0.05) is 67.7 Å². The van der Waals surface area contributed by atoms with Gasteiger partial charge in [0.1, 0.15) is 0 Å². The van der Waals surface area contributed by atoms with Gasteiger partial charge >= 0.3 is 5.97 Å². The topological polar surface area (TPSA) is 77.8 Å². The third kappa shape index (κ3) is 15.0. The smallest absolute Gasteiger partial charge is 0.303 e. The molecule has 0 radical (unpaired) electrons. The number of hydrogen-bond donors (Lipinski definition) is 3. The van der Waals surface area contributed by atoms with Crippen molar-refractivity contribution in [2.75, 3.05) is 0 Å². The minimum atomic E-state index is -0.980. The van der Waals surface area contributed by atoms with Crippen molar-refractivity contribution >= 4 is 5.97 Å². The third-order valence-electron chi connectivity index (χ3n) is 3.18. The molecule has 2 atom stereocenters. The fourth-order valence-electron chi connectivity index (χ4n) is 1.84. The number of aliphatic hydroxyl groups is 2. The number of aliphatic hydroxyl groups excluding tert-OH is 2. The number of carboxylic acid groups (broad SMARTS) is 1. The fourth-order valence-corrected chi connectivity index (χ4v) is 1.84. The summed E-state index contributed by atoms with van der Waals surface area (Å²) in [5.41, 5.74) is 0. The van der Waals surface area contributed by atoms with E-state index in [4.69, 9.17) is 5.11 Å². The van der Waals surface area contributed by atoms with Crippen LogP contribution >= 0.6 is 0 Å². The maximum Gasteiger partial charge on any atom is 0.303 e. The molecule has 0 heterocycles. The Bertz CT molecular complexity index is 458. The molecule has 0 rings (SSSR count). The van der Waals surface area contributed by atoms with Gasteiger partial charge < -0.3 is 15.3 Å². The van der Waals surface area contributed by atoms with Gasteiger partial charge in [-0.3, -0.25) is 4.79 Å². The molecular weight excluding hydrogens is 304 g/mol. The first kappa shape index (κ1) is 22.1. The lowest BCUT2D eigenvalue weighted by molar-refractivity contribution is -0.137. The normalized spacial score (nSPS) is 15.5. The average molecular weight is 334 g/mol. The van der Waals surface area contributed by atoms with Crippen molar-refractivity contribution in [1.82, 2.24) is 0 Å². The summed E-state index contributed by atoms with van der Waals surface area (Å²) in [5, 5.41) is 27.9. The zero-order chi connectivity index (χ0) is 18.0. The summed E-state index contributed by atoms with van der Waals surface area (Å²) in [4.78, 5) is 10.4. The van der Waals surface area contributed by atoms with Crippen LogP contribution < -0.4 is 0 Å². The predicted octanol–water partition coefficient (Wildman–Crippen LogP) is 3.93. The Balaban J connectivity index is 3.87. The van der Waals surface area contributed by atoms with E-state index in [9.17, 15) is 15.0 Å². The van der Waals surface area contributed by atoms with Crippen molar-refractivity contribution < 1.29 is 20.1 Å². The monoisotopic (exact) mass is 334 g/mol. The van der Waals surface area contributed by atoms with Crippen LogP contribution in [0.5, 0.6) is 0 Å². The number of rotatable bonds is 13. The molecular formula is C20H30O4. The fraction of sp³-hybridized carbons (Fsp3) is 0.450. The molecule has 134 valence electrons. The van der Waals surface area contributed by atoms with Crippen LogP contribution in [0.2, 0.25) is 0 Å². The highest BCUT2D eigenvalue weighted by Gasteiger charge is 2.12. The summed E-state index contributed by atoms with van der Waals surface area (Å²) in [6.07, 6.45) is 20.9. The molecule has 0 aromatic heterocycles. The zero-order valence-corrected chi connectivity index (χ0v) is 14.4. The molecule has 0 aliphatic heterocycles. The molecule has 0 aliphatic carbocycles. The molecule has 0 saturated carbocycles. The van der Waals surface area contributed by atoms with E-state index in [1.165, 1.54) is 6.08 Å². The summed E-state index contributed by atoms with van der Waals surface area (Å²) in [5.74, 6) is -0.894. The van der Waals surface area contributed by atoms with Gasteiger partial charge in [0.2, 0.25) is 0 Å². The van der Waals surface area contributed by atoms with E-state index in [0.717, 1.165) is 19.3 Å². The molecule has 0 aromatic carbocycles. The van der Waals surface area contributed by atoms with E-state index >= 15 is 0 Å². The summed E-state index contributed by atoms with van der Waals surface area (Å²) < 4.78 is 0. The van der Waals surface area contributed by atoms with Crippen LogP contribution in [0.25, 0.3) is 0 Å². The lowest BCUT2D eigenvalue weighted by Gasteiger charge is -2.13. The first-order chi connectivity index (χ1) is 11.6. The highest BCUT2D eigenvalue weighted by Crippen LogP contribution is 2.06. The minimum Gasteiger partial charge on any atom is -0.481 e. The highest BCUT2D eigenvalue weighted by molar-refractivity contribution is 5.66. The van der Waals surface area contributed by atoms with Gasteiger partial charge in [0, 0.05) is 6.42 Å². The molecule has 0 amide bonds. The number of aliphatic carboxylic acids is 1. The molecule has 0 spiro atoms. The summed E-state index contributed by atoms with van der Waals surface area (Å²) >= 11 is 0. The molecule has 24 heavy (non-hydrogen) atoms. The van der Waals surface area contributed by atoms with E-state index in [-0.39, 0.29) is 12.8 Å². The predicted molar refractivity (Wildman–Crippen MR) is 98.7 cm³/mol. The second kappa shape index (κ2) is 16.0. The quantitative estimate of drug-likeness (QED) is 0.352. The summed E-state index contributed by atoms with van der Waals surface area (Å²) in [6.45, 7) is 2.11. The minimum absolute atomic E-state index is 0.00152. The van der Waals surface area contributed by atoms with Crippen LogP contribution in [-0.4, -0.2) is 33.5 Å². The number of carbonyl (C=O) groups is 1. The molecule has 4 heteroatoms. The van der Waals surface area contributed by atoms with E-state index in [1.807, 2.05) is 18.2 Å². The highest BCUT2D eigenvalue weighted by atomic mass is 16.4. The first-order valence-corrected chi connectivity index (χ1v) is 8.45. The van der Waals surface area contributed by atoms with E-state index in [2.05, 4.69) is 31.2 Å². The SMILES string of the molecule is CCC=CCC=CCC=CC=CC=CC(O)C(O)CCCC(=O)O. The Hall–Kier alpha value is -1.91. The molecule has 2 unspecified atom stereocenters. The van der Waals surface area contributed by atoms with Crippen molar-refractivity contribution in [3.05, 3.63) is 60.8 Å². The molecule has 0 bridgehead atoms. The third-order valence-corrected chi connectivity index (χ3v) is 3.18.